The molecule has 3 aliphatic carbocycles. The second-order valence-electron chi connectivity index (χ2n) is 9.07. The first-order valence-corrected chi connectivity index (χ1v) is 11.4. The van der Waals surface area contributed by atoms with Crippen LogP contribution in [0.15, 0.2) is 72.8 Å². The Hall–Kier alpha value is -2.60. The van der Waals surface area contributed by atoms with Crippen LogP contribution in [0, 0.1) is 0 Å². The summed E-state index contributed by atoms with van der Waals surface area (Å²) in [4.78, 5) is 0. The summed E-state index contributed by atoms with van der Waals surface area (Å²) >= 11 is 0. The van der Waals surface area contributed by atoms with Gasteiger partial charge in [-0.1, -0.05) is 79.2 Å². The van der Waals surface area contributed by atoms with Gasteiger partial charge in [-0.15, -0.1) is 0 Å². The Balaban J connectivity index is 1.57. The van der Waals surface area contributed by atoms with Gasteiger partial charge in [0, 0.05) is 0 Å². The molecule has 3 aliphatic rings. The van der Waals surface area contributed by atoms with Gasteiger partial charge in [-0.3, -0.25) is 0 Å². The first kappa shape index (κ1) is 17.3. The number of benzene rings is 4. The van der Waals surface area contributed by atoms with Gasteiger partial charge in [0.05, 0.1) is 0 Å². The number of fused-ring (bicyclic) bond motifs is 6. The van der Waals surface area contributed by atoms with Gasteiger partial charge in [0.25, 0.3) is 0 Å². The smallest absolute Gasteiger partial charge is 0.00865 e. The van der Waals surface area contributed by atoms with Gasteiger partial charge in [-0.05, 0) is 94.2 Å². The molecular formula is C29H28. The van der Waals surface area contributed by atoms with E-state index in [0.29, 0.717) is 11.8 Å². The molecule has 29 heavy (non-hydrogen) atoms. The van der Waals surface area contributed by atoms with Crippen molar-refractivity contribution in [1.82, 2.24) is 0 Å². The van der Waals surface area contributed by atoms with E-state index >= 15 is 0 Å². The van der Waals surface area contributed by atoms with Crippen LogP contribution in [0.4, 0.5) is 0 Å². The van der Waals surface area contributed by atoms with Crippen molar-refractivity contribution in [1.29, 1.82) is 0 Å². The summed E-state index contributed by atoms with van der Waals surface area (Å²) in [7, 11) is 0. The van der Waals surface area contributed by atoms with Gasteiger partial charge in [0.1, 0.15) is 0 Å². The Kier molecular flexibility index (Phi) is 4.18. The number of hydrogen-bond acceptors (Lipinski definition) is 0. The van der Waals surface area contributed by atoms with Crippen LogP contribution in [-0.2, 0) is 12.8 Å². The highest BCUT2D eigenvalue weighted by atomic mass is 14.4. The summed E-state index contributed by atoms with van der Waals surface area (Å²) in [5, 5.41) is 5.97. The molecule has 4 aromatic carbocycles. The SMILES string of the molecule is c1ccc2c3ccc(c2c1)CCCCCc1ccc(c2ccccc12)C1CCC31. The molecule has 4 aromatic rings. The van der Waals surface area contributed by atoms with E-state index in [1.165, 1.54) is 66.5 Å². The van der Waals surface area contributed by atoms with Crippen molar-refractivity contribution in [2.24, 2.45) is 0 Å². The van der Waals surface area contributed by atoms with Gasteiger partial charge in [-0.2, -0.15) is 0 Å². The average molecular weight is 377 g/mol. The number of hydrogen-bond donors (Lipinski definition) is 0. The fourth-order valence-electron chi connectivity index (χ4n) is 5.90. The van der Waals surface area contributed by atoms with Crippen LogP contribution in [0.3, 0.4) is 0 Å². The predicted octanol–water partition coefficient (Wildman–Crippen LogP) is 7.92. The van der Waals surface area contributed by atoms with Gasteiger partial charge in [0.15, 0.2) is 0 Å². The van der Waals surface area contributed by atoms with Crippen molar-refractivity contribution in [2.75, 3.05) is 0 Å². The monoisotopic (exact) mass is 376 g/mol. The van der Waals surface area contributed by atoms with Gasteiger partial charge < -0.3 is 0 Å². The van der Waals surface area contributed by atoms with Crippen molar-refractivity contribution in [3.05, 3.63) is 95.1 Å². The fraction of sp³-hybridized carbons (Fsp3) is 0.310. The van der Waals surface area contributed by atoms with E-state index in [2.05, 4.69) is 72.8 Å². The molecule has 7 rings (SSSR count). The van der Waals surface area contributed by atoms with Crippen LogP contribution >= 0.6 is 0 Å². The summed E-state index contributed by atoms with van der Waals surface area (Å²) in [6, 6.07) is 28.1. The first-order valence-electron chi connectivity index (χ1n) is 11.4. The van der Waals surface area contributed by atoms with E-state index < -0.39 is 0 Å². The van der Waals surface area contributed by atoms with E-state index in [1.54, 1.807) is 22.3 Å². The van der Waals surface area contributed by atoms with Crippen LogP contribution in [0.5, 0.6) is 0 Å². The minimum absolute atomic E-state index is 0.647. The molecular weight excluding hydrogens is 348 g/mol. The lowest BCUT2D eigenvalue weighted by atomic mass is 9.65. The van der Waals surface area contributed by atoms with Crippen LogP contribution < -0.4 is 0 Å². The molecule has 0 saturated heterocycles. The lowest BCUT2D eigenvalue weighted by Crippen LogP contribution is -2.22. The van der Waals surface area contributed by atoms with E-state index in [4.69, 9.17) is 0 Å². The Labute approximate surface area is 173 Å². The van der Waals surface area contributed by atoms with Crippen molar-refractivity contribution in [3.63, 3.8) is 0 Å². The van der Waals surface area contributed by atoms with E-state index in [9.17, 15) is 0 Å². The third-order valence-corrected chi connectivity index (χ3v) is 7.56. The Morgan fingerprint density at radius 1 is 0.448 bits per heavy atom. The Bertz CT molecular complexity index is 1100. The second kappa shape index (κ2) is 7.02. The molecule has 0 radical (unpaired) electrons. The van der Waals surface area contributed by atoms with Gasteiger partial charge >= 0.3 is 0 Å². The molecule has 4 bridgehead atoms. The molecule has 144 valence electrons. The zero-order valence-corrected chi connectivity index (χ0v) is 17.0. The fourth-order valence-corrected chi connectivity index (χ4v) is 5.90. The quantitative estimate of drug-likeness (QED) is 0.292. The summed E-state index contributed by atoms with van der Waals surface area (Å²) in [5.74, 6) is 1.29. The lowest BCUT2D eigenvalue weighted by molar-refractivity contribution is 0.350. The third-order valence-electron chi connectivity index (χ3n) is 7.56. The number of aryl methyl sites for hydroxylation is 2. The molecule has 2 atom stereocenters. The Morgan fingerprint density at radius 2 is 0.897 bits per heavy atom. The average Bonchev–Trinajstić information content (AvgIpc) is 2.75. The van der Waals surface area contributed by atoms with Crippen molar-refractivity contribution >= 4 is 21.5 Å². The molecule has 0 nitrogen and oxygen atoms in total. The van der Waals surface area contributed by atoms with Crippen molar-refractivity contribution in [2.45, 2.75) is 56.8 Å². The summed E-state index contributed by atoms with van der Waals surface area (Å²) in [5.41, 5.74) is 6.23. The maximum absolute atomic E-state index is 2.46. The highest BCUT2D eigenvalue weighted by Gasteiger charge is 2.35. The van der Waals surface area contributed by atoms with E-state index in [1.807, 2.05) is 0 Å². The van der Waals surface area contributed by atoms with Crippen LogP contribution in [0.1, 0.15) is 66.2 Å². The second-order valence-corrected chi connectivity index (χ2v) is 9.07. The van der Waals surface area contributed by atoms with Crippen LogP contribution in [-0.4, -0.2) is 0 Å². The summed E-state index contributed by atoms with van der Waals surface area (Å²) in [6.07, 6.45) is 8.89. The summed E-state index contributed by atoms with van der Waals surface area (Å²) < 4.78 is 0. The van der Waals surface area contributed by atoms with Crippen molar-refractivity contribution in [3.8, 4) is 0 Å². The molecule has 0 heteroatoms. The van der Waals surface area contributed by atoms with E-state index in [0.717, 1.165) is 0 Å². The maximum Gasteiger partial charge on any atom is -0.00865 e. The van der Waals surface area contributed by atoms with Gasteiger partial charge in [-0.25, -0.2) is 0 Å². The highest BCUT2D eigenvalue weighted by molar-refractivity contribution is 5.91. The minimum atomic E-state index is 0.647. The number of rotatable bonds is 0. The molecule has 0 amide bonds. The minimum Gasteiger partial charge on any atom is -0.0616 e. The molecule has 0 heterocycles. The van der Waals surface area contributed by atoms with E-state index in [-0.39, 0.29) is 0 Å². The largest absolute Gasteiger partial charge is 0.0616 e. The molecule has 1 fully saturated rings. The lowest BCUT2D eigenvalue weighted by Gasteiger charge is -2.39. The third kappa shape index (κ3) is 2.81. The van der Waals surface area contributed by atoms with Crippen LogP contribution in [0.25, 0.3) is 21.5 Å². The molecule has 0 spiro atoms. The summed E-state index contributed by atoms with van der Waals surface area (Å²) in [6.45, 7) is 0. The zero-order chi connectivity index (χ0) is 19.2. The van der Waals surface area contributed by atoms with Gasteiger partial charge in [0.2, 0.25) is 0 Å². The predicted molar refractivity (Wildman–Crippen MR) is 124 cm³/mol. The van der Waals surface area contributed by atoms with Crippen molar-refractivity contribution < 1.29 is 0 Å². The maximum atomic E-state index is 2.46. The zero-order valence-electron chi connectivity index (χ0n) is 17.0. The standard InChI is InChI=1S/C29H28/c1-2-8-20-14-16-26(24-12-6-4-10-22(20)24)28-18-19-29(28)27-17-15-21(9-3-1)23-11-5-7-13-25(23)27/h4-7,10-17,28-29H,1-3,8-9,18-19H2. The highest BCUT2D eigenvalue weighted by Crippen LogP contribution is 2.52. The normalized spacial score (nSPS) is 21.5. The molecule has 2 unspecified atom stereocenters. The molecule has 0 aromatic heterocycles. The topological polar surface area (TPSA) is 0 Å². The molecule has 0 N–H and O–H groups in total. The van der Waals surface area contributed by atoms with Crippen LogP contribution in [0.2, 0.25) is 0 Å². The Morgan fingerprint density at radius 3 is 1.34 bits per heavy atom. The molecule has 1 saturated carbocycles. The first-order chi connectivity index (χ1) is 14.4. The molecule has 0 aliphatic heterocycles.